The van der Waals surface area contributed by atoms with Crippen LogP contribution in [0.1, 0.15) is 55.4 Å². The number of aryl methyl sites for hydroxylation is 1. The molecule has 0 radical (unpaired) electrons. The topological polar surface area (TPSA) is 38.1 Å². The molecule has 0 saturated heterocycles. The standard InChI is InChI=1S/C24H27ClF3N3O/c1-4-11-31-21-14-19(25)8-9-20(21)29-22(31)15-30(12-10-16(2)3)23(32)17-6-5-7-18(13-17)24(26,27)28/h5-9,13-14,16H,4,10-12,15H2,1-3H3. The van der Waals surface area contributed by atoms with Crippen molar-refractivity contribution in [2.45, 2.75) is 52.9 Å². The maximum Gasteiger partial charge on any atom is 0.416 e. The molecule has 3 aromatic rings. The van der Waals surface area contributed by atoms with E-state index in [9.17, 15) is 18.0 Å². The SMILES string of the molecule is CCCn1c(CN(CCC(C)C)C(=O)c2cccc(C(F)(F)F)c2)nc2ccc(Cl)cc21. The van der Waals surface area contributed by atoms with Crippen molar-refractivity contribution in [1.29, 1.82) is 0 Å². The van der Waals surface area contributed by atoms with E-state index < -0.39 is 17.6 Å². The van der Waals surface area contributed by atoms with E-state index in [4.69, 9.17) is 16.6 Å². The highest BCUT2D eigenvalue weighted by molar-refractivity contribution is 6.31. The van der Waals surface area contributed by atoms with Gasteiger partial charge in [0.25, 0.3) is 5.91 Å². The molecule has 0 saturated carbocycles. The third-order valence-electron chi connectivity index (χ3n) is 5.27. The van der Waals surface area contributed by atoms with Crippen LogP contribution in [0.3, 0.4) is 0 Å². The van der Waals surface area contributed by atoms with Crippen molar-refractivity contribution in [3.8, 4) is 0 Å². The Balaban J connectivity index is 1.98. The van der Waals surface area contributed by atoms with E-state index in [0.717, 1.165) is 36.0 Å². The van der Waals surface area contributed by atoms with Crippen molar-refractivity contribution in [2.75, 3.05) is 6.54 Å². The van der Waals surface area contributed by atoms with Gasteiger partial charge in [0.1, 0.15) is 5.82 Å². The minimum Gasteiger partial charge on any atom is -0.331 e. The fourth-order valence-corrected chi connectivity index (χ4v) is 3.75. The van der Waals surface area contributed by atoms with Crippen LogP contribution in [0.5, 0.6) is 0 Å². The largest absolute Gasteiger partial charge is 0.416 e. The van der Waals surface area contributed by atoms with Gasteiger partial charge in [0.2, 0.25) is 0 Å². The second-order valence-electron chi connectivity index (χ2n) is 8.30. The number of aromatic nitrogens is 2. The maximum atomic E-state index is 13.3. The molecule has 1 aromatic heterocycles. The Bertz CT molecular complexity index is 1090. The van der Waals surface area contributed by atoms with Crippen LogP contribution >= 0.6 is 11.6 Å². The zero-order valence-corrected chi connectivity index (χ0v) is 19.2. The monoisotopic (exact) mass is 465 g/mol. The summed E-state index contributed by atoms with van der Waals surface area (Å²) in [6.07, 6.45) is -2.92. The quantitative estimate of drug-likeness (QED) is 0.366. The van der Waals surface area contributed by atoms with Gasteiger partial charge in [0.05, 0.1) is 23.1 Å². The molecule has 0 atom stereocenters. The lowest BCUT2D eigenvalue weighted by Crippen LogP contribution is -2.33. The summed E-state index contributed by atoms with van der Waals surface area (Å²) in [5.41, 5.74) is 0.836. The molecule has 0 aliphatic heterocycles. The molecule has 0 fully saturated rings. The minimum atomic E-state index is -4.51. The van der Waals surface area contributed by atoms with Gasteiger partial charge in [-0.3, -0.25) is 4.79 Å². The fraction of sp³-hybridized carbons (Fsp3) is 0.417. The van der Waals surface area contributed by atoms with Crippen LogP contribution in [-0.4, -0.2) is 26.9 Å². The Kier molecular flexibility index (Phi) is 7.49. The normalized spacial score (nSPS) is 12.0. The summed E-state index contributed by atoms with van der Waals surface area (Å²) < 4.78 is 41.5. The van der Waals surface area contributed by atoms with E-state index in [1.54, 1.807) is 11.0 Å². The van der Waals surface area contributed by atoms with Gasteiger partial charge in [0, 0.05) is 23.7 Å². The lowest BCUT2D eigenvalue weighted by Gasteiger charge is -2.24. The molecule has 8 heteroatoms. The Morgan fingerprint density at radius 2 is 1.94 bits per heavy atom. The molecule has 1 heterocycles. The molecule has 0 aliphatic rings. The Labute approximate surface area is 191 Å². The molecule has 0 aliphatic carbocycles. The van der Waals surface area contributed by atoms with E-state index >= 15 is 0 Å². The molecular formula is C24H27ClF3N3O. The first-order valence-corrected chi connectivity index (χ1v) is 11.1. The highest BCUT2D eigenvalue weighted by Gasteiger charge is 2.31. The third-order valence-corrected chi connectivity index (χ3v) is 5.50. The molecule has 32 heavy (non-hydrogen) atoms. The molecule has 4 nitrogen and oxygen atoms in total. The summed E-state index contributed by atoms with van der Waals surface area (Å²) in [4.78, 5) is 19.6. The zero-order valence-electron chi connectivity index (χ0n) is 18.4. The van der Waals surface area contributed by atoms with Gasteiger partial charge in [0.15, 0.2) is 0 Å². The Morgan fingerprint density at radius 3 is 2.59 bits per heavy atom. The van der Waals surface area contributed by atoms with Crippen molar-refractivity contribution >= 4 is 28.5 Å². The van der Waals surface area contributed by atoms with Crippen molar-refractivity contribution in [3.63, 3.8) is 0 Å². The molecule has 0 unspecified atom stereocenters. The van der Waals surface area contributed by atoms with Crippen molar-refractivity contribution in [2.24, 2.45) is 5.92 Å². The predicted molar refractivity (Wildman–Crippen MR) is 121 cm³/mol. The first-order valence-electron chi connectivity index (χ1n) is 10.7. The van der Waals surface area contributed by atoms with Gasteiger partial charge in [-0.15, -0.1) is 0 Å². The van der Waals surface area contributed by atoms with Crippen LogP contribution < -0.4 is 0 Å². The Morgan fingerprint density at radius 1 is 1.19 bits per heavy atom. The highest BCUT2D eigenvalue weighted by Crippen LogP contribution is 2.30. The fourth-order valence-electron chi connectivity index (χ4n) is 3.59. The maximum absolute atomic E-state index is 13.3. The van der Waals surface area contributed by atoms with Crippen LogP contribution in [0.4, 0.5) is 13.2 Å². The summed E-state index contributed by atoms with van der Waals surface area (Å²) >= 11 is 6.17. The van der Waals surface area contributed by atoms with Crippen LogP contribution in [-0.2, 0) is 19.3 Å². The van der Waals surface area contributed by atoms with Gasteiger partial charge in [-0.2, -0.15) is 13.2 Å². The van der Waals surface area contributed by atoms with Crippen LogP contribution in [0, 0.1) is 5.92 Å². The first kappa shape index (κ1) is 24.1. The Hall–Kier alpha value is -2.54. The highest BCUT2D eigenvalue weighted by atomic mass is 35.5. The van der Waals surface area contributed by atoms with Gasteiger partial charge in [-0.05, 0) is 55.2 Å². The summed E-state index contributed by atoms with van der Waals surface area (Å²) in [7, 11) is 0. The number of nitrogens with zero attached hydrogens (tertiary/aromatic N) is 3. The number of carbonyl (C=O) groups is 1. The molecular weight excluding hydrogens is 439 g/mol. The van der Waals surface area contributed by atoms with Crippen LogP contribution in [0.2, 0.25) is 5.02 Å². The lowest BCUT2D eigenvalue weighted by molar-refractivity contribution is -0.137. The number of benzene rings is 2. The number of amides is 1. The summed E-state index contributed by atoms with van der Waals surface area (Å²) in [5.74, 6) is 0.582. The van der Waals surface area contributed by atoms with Gasteiger partial charge < -0.3 is 9.47 Å². The van der Waals surface area contributed by atoms with Crippen LogP contribution in [0.15, 0.2) is 42.5 Å². The smallest absolute Gasteiger partial charge is 0.331 e. The summed E-state index contributed by atoms with van der Waals surface area (Å²) in [6, 6.07) is 10.0. The lowest BCUT2D eigenvalue weighted by atomic mass is 10.1. The van der Waals surface area contributed by atoms with Gasteiger partial charge in [-0.25, -0.2) is 4.98 Å². The number of rotatable bonds is 8. The molecule has 0 bridgehead atoms. The second kappa shape index (κ2) is 9.94. The van der Waals surface area contributed by atoms with E-state index in [1.807, 2.05) is 37.5 Å². The van der Waals surface area contributed by atoms with E-state index in [2.05, 4.69) is 0 Å². The first-order chi connectivity index (χ1) is 15.1. The summed E-state index contributed by atoms with van der Waals surface area (Å²) in [6.45, 7) is 7.45. The average Bonchev–Trinajstić information content (AvgIpc) is 3.06. The van der Waals surface area contributed by atoms with Crippen LogP contribution in [0.25, 0.3) is 11.0 Å². The zero-order chi connectivity index (χ0) is 23.5. The number of hydrogen-bond acceptors (Lipinski definition) is 2. The number of carbonyl (C=O) groups excluding carboxylic acids is 1. The molecule has 2 aromatic carbocycles. The number of halogens is 4. The number of alkyl halides is 3. The molecule has 3 rings (SSSR count). The summed E-state index contributed by atoms with van der Waals surface area (Å²) in [5, 5.41) is 0.595. The van der Waals surface area contributed by atoms with E-state index in [-0.39, 0.29) is 12.1 Å². The van der Waals surface area contributed by atoms with E-state index in [1.165, 1.54) is 12.1 Å². The van der Waals surface area contributed by atoms with Crippen molar-refractivity contribution in [1.82, 2.24) is 14.5 Å². The third kappa shape index (κ3) is 5.63. The average molecular weight is 466 g/mol. The number of imidazole rings is 1. The minimum absolute atomic E-state index is 0.0183. The molecule has 172 valence electrons. The molecule has 1 amide bonds. The van der Waals surface area contributed by atoms with Gasteiger partial charge >= 0.3 is 6.18 Å². The van der Waals surface area contributed by atoms with Crippen molar-refractivity contribution in [3.05, 3.63) is 64.4 Å². The predicted octanol–water partition coefficient (Wildman–Crippen LogP) is 6.81. The molecule has 0 spiro atoms. The number of fused-ring (bicyclic) bond motifs is 1. The number of hydrogen-bond donors (Lipinski definition) is 0. The van der Waals surface area contributed by atoms with Gasteiger partial charge in [-0.1, -0.05) is 38.4 Å². The second-order valence-corrected chi connectivity index (χ2v) is 8.74. The van der Waals surface area contributed by atoms with E-state index in [0.29, 0.717) is 29.9 Å². The van der Waals surface area contributed by atoms with Crippen molar-refractivity contribution < 1.29 is 18.0 Å². The molecule has 0 N–H and O–H groups in total.